The molecular formula is C17H22N2O3S. The van der Waals surface area contributed by atoms with Gasteiger partial charge in [0.1, 0.15) is 0 Å². The molecule has 0 aromatic heterocycles. The number of carbonyl (C=O) groups excluding carboxylic acids is 3. The Kier molecular flexibility index (Phi) is 6.21. The van der Waals surface area contributed by atoms with Crippen molar-refractivity contribution in [2.75, 3.05) is 18.8 Å². The standard InChI is InChI=1S/C17H22N2O3S/c1-3-5-9-18(4-2)16(21)14-8-6-7-13(10-14)11-19-15(20)12-23-17(19)22/h6-8,10H,3-5,9,11-12H2,1-2H3. The van der Waals surface area contributed by atoms with Crippen LogP contribution in [0.25, 0.3) is 0 Å². The number of carbonyl (C=O) groups is 3. The summed E-state index contributed by atoms with van der Waals surface area (Å²) in [5.74, 6) is 0.0315. The van der Waals surface area contributed by atoms with Crippen LogP contribution in [0.3, 0.4) is 0 Å². The van der Waals surface area contributed by atoms with Crippen molar-refractivity contribution in [1.82, 2.24) is 9.80 Å². The Labute approximate surface area is 141 Å². The molecule has 1 saturated heterocycles. The van der Waals surface area contributed by atoms with Gasteiger partial charge in [-0.25, -0.2) is 0 Å². The van der Waals surface area contributed by atoms with Crippen LogP contribution in [0.1, 0.15) is 42.6 Å². The molecule has 2 rings (SSSR count). The fourth-order valence-corrected chi connectivity index (χ4v) is 3.18. The van der Waals surface area contributed by atoms with Gasteiger partial charge in [-0.2, -0.15) is 0 Å². The number of nitrogens with zero attached hydrogens (tertiary/aromatic N) is 2. The Morgan fingerprint density at radius 1 is 1.30 bits per heavy atom. The Hall–Kier alpha value is -1.82. The third-order valence-corrected chi connectivity index (χ3v) is 4.66. The summed E-state index contributed by atoms with van der Waals surface area (Å²) in [5, 5.41) is -0.218. The van der Waals surface area contributed by atoms with Crippen LogP contribution in [0, 0.1) is 0 Å². The van der Waals surface area contributed by atoms with Crippen LogP contribution in [-0.4, -0.2) is 45.7 Å². The molecule has 0 unspecified atom stereocenters. The number of unbranched alkanes of at least 4 members (excludes halogenated alkanes) is 1. The third kappa shape index (κ3) is 4.34. The van der Waals surface area contributed by atoms with Crippen molar-refractivity contribution in [3.05, 3.63) is 35.4 Å². The first-order valence-corrected chi connectivity index (χ1v) is 8.90. The van der Waals surface area contributed by atoms with Crippen molar-refractivity contribution in [3.8, 4) is 0 Å². The van der Waals surface area contributed by atoms with Gasteiger partial charge in [0.25, 0.3) is 11.1 Å². The highest BCUT2D eigenvalue weighted by atomic mass is 32.2. The normalized spacial score (nSPS) is 14.4. The highest BCUT2D eigenvalue weighted by molar-refractivity contribution is 8.14. The minimum Gasteiger partial charge on any atom is -0.339 e. The fraction of sp³-hybridized carbons (Fsp3) is 0.471. The lowest BCUT2D eigenvalue weighted by Gasteiger charge is -2.21. The molecule has 1 aromatic rings. The molecule has 124 valence electrons. The molecule has 0 N–H and O–H groups in total. The second-order valence-electron chi connectivity index (χ2n) is 5.47. The van der Waals surface area contributed by atoms with Gasteiger partial charge in [-0.05, 0) is 31.0 Å². The monoisotopic (exact) mass is 334 g/mol. The molecule has 0 saturated carbocycles. The van der Waals surface area contributed by atoms with Gasteiger partial charge >= 0.3 is 0 Å². The molecule has 1 aliphatic heterocycles. The molecule has 23 heavy (non-hydrogen) atoms. The summed E-state index contributed by atoms with van der Waals surface area (Å²) in [5.41, 5.74) is 1.40. The van der Waals surface area contributed by atoms with E-state index in [1.807, 2.05) is 17.9 Å². The van der Waals surface area contributed by atoms with E-state index < -0.39 is 0 Å². The SMILES string of the molecule is CCCCN(CC)C(=O)c1cccc(CN2C(=O)CSC2=O)c1. The Morgan fingerprint density at radius 3 is 2.70 bits per heavy atom. The van der Waals surface area contributed by atoms with Gasteiger partial charge < -0.3 is 4.90 Å². The van der Waals surface area contributed by atoms with Crippen molar-refractivity contribution < 1.29 is 14.4 Å². The molecule has 5 nitrogen and oxygen atoms in total. The molecule has 1 fully saturated rings. The van der Waals surface area contributed by atoms with Crippen LogP contribution >= 0.6 is 11.8 Å². The third-order valence-electron chi connectivity index (χ3n) is 3.81. The Balaban J connectivity index is 2.11. The van der Waals surface area contributed by atoms with E-state index in [0.29, 0.717) is 12.1 Å². The highest BCUT2D eigenvalue weighted by Crippen LogP contribution is 2.21. The predicted octanol–water partition coefficient (Wildman–Crippen LogP) is 3.14. The zero-order valence-corrected chi connectivity index (χ0v) is 14.4. The summed E-state index contributed by atoms with van der Waals surface area (Å²) in [6, 6.07) is 7.19. The highest BCUT2D eigenvalue weighted by Gasteiger charge is 2.29. The number of rotatable bonds is 7. The number of imide groups is 1. The van der Waals surface area contributed by atoms with Gasteiger partial charge in [0.15, 0.2) is 0 Å². The van der Waals surface area contributed by atoms with Gasteiger partial charge in [0.05, 0.1) is 12.3 Å². The summed E-state index contributed by atoms with van der Waals surface area (Å²) in [6.45, 7) is 5.71. The average molecular weight is 334 g/mol. The molecule has 1 aliphatic rings. The van der Waals surface area contributed by atoms with Gasteiger partial charge in [-0.15, -0.1) is 0 Å². The molecule has 0 bridgehead atoms. The van der Waals surface area contributed by atoms with E-state index in [0.717, 1.165) is 36.7 Å². The van der Waals surface area contributed by atoms with Gasteiger partial charge in [-0.3, -0.25) is 19.3 Å². The largest absolute Gasteiger partial charge is 0.339 e. The fourth-order valence-electron chi connectivity index (χ4n) is 2.45. The van der Waals surface area contributed by atoms with Crippen molar-refractivity contribution in [3.63, 3.8) is 0 Å². The van der Waals surface area contributed by atoms with E-state index in [2.05, 4.69) is 6.92 Å². The number of hydrogen-bond donors (Lipinski definition) is 0. The molecule has 1 heterocycles. The Morgan fingerprint density at radius 2 is 2.09 bits per heavy atom. The predicted molar refractivity (Wildman–Crippen MR) is 91.3 cm³/mol. The number of hydrogen-bond acceptors (Lipinski definition) is 4. The van der Waals surface area contributed by atoms with E-state index in [-0.39, 0.29) is 29.4 Å². The minimum absolute atomic E-state index is 0.00347. The van der Waals surface area contributed by atoms with Crippen LogP contribution in [0.2, 0.25) is 0 Å². The van der Waals surface area contributed by atoms with Crippen molar-refractivity contribution in [1.29, 1.82) is 0 Å². The van der Waals surface area contributed by atoms with Crippen LogP contribution in [0.15, 0.2) is 24.3 Å². The zero-order valence-electron chi connectivity index (χ0n) is 13.6. The van der Waals surface area contributed by atoms with Crippen LogP contribution in [0.4, 0.5) is 4.79 Å². The summed E-state index contributed by atoms with van der Waals surface area (Å²) in [7, 11) is 0. The van der Waals surface area contributed by atoms with Gasteiger partial charge in [0.2, 0.25) is 5.91 Å². The van der Waals surface area contributed by atoms with Crippen LogP contribution in [0.5, 0.6) is 0 Å². The van der Waals surface area contributed by atoms with E-state index in [4.69, 9.17) is 0 Å². The van der Waals surface area contributed by atoms with Crippen LogP contribution in [-0.2, 0) is 11.3 Å². The maximum Gasteiger partial charge on any atom is 0.289 e. The Bertz CT molecular complexity index is 587. The molecule has 0 radical (unpaired) electrons. The quantitative estimate of drug-likeness (QED) is 0.768. The smallest absolute Gasteiger partial charge is 0.289 e. The lowest BCUT2D eigenvalue weighted by molar-refractivity contribution is -0.125. The second kappa shape index (κ2) is 8.15. The first-order chi connectivity index (χ1) is 11.1. The molecule has 0 aliphatic carbocycles. The summed E-state index contributed by atoms with van der Waals surface area (Å²) in [4.78, 5) is 39.0. The van der Waals surface area contributed by atoms with Gasteiger partial charge in [-0.1, -0.05) is 37.2 Å². The van der Waals surface area contributed by atoms with Crippen molar-refractivity contribution >= 4 is 28.8 Å². The first kappa shape index (κ1) is 17.5. The second-order valence-corrected chi connectivity index (χ2v) is 6.40. The lowest BCUT2D eigenvalue weighted by atomic mass is 10.1. The minimum atomic E-state index is -0.218. The van der Waals surface area contributed by atoms with Crippen molar-refractivity contribution in [2.45, 2.75) is 33.2 Å². The molecule has 6 heteroatoms. The lowest BCUT2D eigenvalue weighted by Crippen LogP contribution is -2.32. The van der Waals surface area contributed by atoms with Gasteiger partial charge in [0, 0.05) is 18.7 Å². The van der Waals surface area contributed by atoms with Crippen molar-refractivity contribution in [2.24, 2.45) is 0 Å². The number of thioether (sulfide) groups is 1. The number of benzene rings is 1. The molecule has 3 amide bonds. The zero-order chi connectivity index (χ0) is 16.8. The maximum atomic E-state index is 12.6. The summed E-state index contributed by atoms with van der Waals surface area (Å²) < 4.78 is 0. The van der Waals surface area contributed by atoms with Crippen LogP contribution < -0.4 is 0 Å². The summed E-state index contributed by atoms with van der Waals surface area (Å²) in [6.07, 6.45) is 2.02. The topological polar surface area (TPSA) is 57.7 Å². The molecule has 1 aromatic carbocycles. The average Bonchev–Trinajstić information content (AvgIpc) is 2.87. The van der Waals surface area contributed by atoms with E-state index >= 15 is 0 Å². The molecular weight excluding hydrogens is 312 g/mol. The van der Waals surface area contributed by atoms with E-state index in [9.17, 15) is 14.4 Å². The maximum absolute atomic E-state index is 12.6. The summed E-state index contributed by atoms with van der Waals surface area (Å²) >= 11 is 1.02. The van der Waals surface area contributed by atoms with E-state index in [1.165, 1.54) is 4.90 Å². The first-order valence-electron chi connectivity index (χ1n) is 7.92. The molecule has 0 spiro atoms. The molecule has 0 atom stereocenters. The van der Waals surface area contributed by atoms with E-state index in [1.54, 1.807) is 18.2 Å². The number of amides is 3.